The van der Waals surface area contributed by atoms with Gasteiger partial charge in [-0.2, -0.15) is 4.98 Å². The Morgan fingerprint density at radius 2 is 2.29 bits per heavy atom. The summed E-state index contributed by atoms with van der Waals surface area (Å²) in [5.74, 6) is -0.321. The van der Waals surface area contributed by atoms with Gasteiger partial charge in [0.25, 0.3) is 5.89 Å². The molecule has 0 spiro atoms. The predicted octanol–water partition coefficient (Wildman–Crippen LogP) is 1.63. The molecule has 7 heteroatoms. The highest BCUT2D eigenvalue weighted by molar-refractivity contribution is 9.10. The zero-order chi connectivity index (χ0) is 12.4. The monoisotopic (exact) mass is 301 g/mol. The molecule has 5 nitrogen and oxygen atoms in total. The van der Waals surface area contributed by atoms with Crippen molar-refractivity contribution in [2.45, 2.75) is 6.04 Å². The van der Waals surface area contributed by atoms with Crippen LogP contribution in [-0.2, 0) is 0 Å². The molecule has 1 heterocycles. The highest BCUT2D eigenvalue weighted by Gasteiger charge is 2.18. The maximum absolute atomic E-state index is 13.6. The Morgan fingerprint density at radius 1 is 1.53 bits per heavy atom. The zero-order valence-corrected chi connectivity index (χ0v) is 10.2. The van der Waals surface area contributed by atoms with E-state index in [9.17, 15) is 4.39 Å². The minimum Gasteiger partial charge on any atom is -0.394 e. The van der Waals surface area contributed by atoms with Crippen LogP contribution in [0.2, 0.25) is 0 Å². The number of nitrogens with two attached hydrogens (primary N) is 1. The minimum atomic E-state index is -0.738. The first kappa shape index (κ1) is 12.2. The first-order chi connectivity index (χ1) is 8.13. The number of halogens is 2. The number of benzene rings is 1. The first-order valence-electron chi connectivity index (χ1n) is 4.78. The lowest BCUT2D eigenvalue weighted by atomic mass is 10.2. The van der Waals surface area contributed by atoms with Crippen LogP contribution in [-0.4, -0.2) is 21.9 Å². The van der Waals surface area contributed by atoms with Crippen LogP contribution in [0.5, 0.6) is 0 Å². The smallest absolute Gasteiger partial charge is 0.262 e. The summed E-state index contributed by atoms with van der Waals surface area (Å²) >= 11 is 3.20. The number of aliphatic hydroxyl groups excluding tert-OH is 1. The van der Waals surface area contributed by atoms with Gasteiger partial charge in [0.1, 0.15) is 5.82 Å². The summed E-state index contributed by atoms with van der Waals surface area (Å²) in [5, 5.41) is 12.4. The molecule has 0 aliphatic carbocycles. The normalized spacial score (nSPS) is 12.7. The molecule has 0 radical (unpaired) electrons. The Hall–Kier alpha value is -1.31. The Balaban J connectivity index is 2.44. The molecular weight excluding hydrogens is 293 g/mol. The van der Waals surface area contributed by atoms with Crippen molar-refractivity contribution in [3.05, 3.63) is 34.3 Å². The molecule has 0 saturated heterocycles. The van der Waals surface area contributed by atoms with Crippen molar-refractivity contribution in [1.82, 2.24) is 10.1 Å². The molecule has 0 aliphatic rings. The maximum Gasteiger partial charge on any atom is 0.262 e. The number of hydrogen-bond acceptors (Lipinski definition) is 5. The Morgan fingerprint density at radius 3 is 2.94 bits per heavy atom. The van der Waals surface area contributed by atoms with Gasteiger partial charge in [-0.05, 0) is 28.1 Å². The average Bonchev–Trinajstić information content (AvgIpc) is 2.77. The van der Waals surface area contributed by atoms with Gasteiger partial charge in [0.2, 0.25) is 0 Å². The molecule has 90 valence electrons. The maximum atomic E-state index is 13.6. The fourth-order valence-corrected chi connectivity index (χ4v) is 1.78. The lowest BCUT2D eigenvalue weighted by molar-refractivity contribution is 0.260. The molecule has 1 aromatic heterocycles. The molecule has 3 N–H and O–H groups in total. The summed E-state index contributed by atoms with van der Waals surface area (Å²) in [6, 6.07) is 3.77. The highest BCUT2D eigenvalue weighted by Crippen LogP contribution is 2.29. The van der Waals surface area contributed by atoms with E-state index in [-0.39, 0.29) is 23.9 Å². The van der Waals surface area contributed by atoms with E-state index in [0.29, 0.717) is 4.47 Å². The number of nitrogens with zero attached hydrogens (tertiary/aromatic N) is 2. The lowest BCUT2D eigenvalue weighted by Gasteiger charge is -2.00. The summed E-state index contributed by atoms with van der Waals surface area (Å²) in [5.41, 5.74) is 5.70. The summed E-state index contributed by atoms with van der Waals surface area (Å²) in [6.45, 7) is -0.308. The second-order valence-electron chi connectivity index (χ2n) is 3.34. The fourth-order valence-electron chi connectivity index (χ4n) is 1.27. The number of hydrogen-bond donors (Lipinski definition) is 2. The Kier molecular flexibility index (Phi) is 3.51. The summed E-state index contributed by atoms with van der Waals surface area (Å²) in [6.07, 6.45) is 0. The van der Waals surface area contributed by atoms with E-state index in [4.69, 9.17) is 15.4 Å². The van der Waals surface area contributed by atoms with Gasteiger partial charge in [-0.1, -0.05) is 11.2 Å². The molecule has 17 heavy (non-hydrogen) atoms. The quantitative estimate of drug-likeness (QED) is 0.900. The Bertz CT molecular complexity index is 512. The van der Waals surface area contributed by atoms with Crippen molar-refractivity contribution in [3.8, 4) is 11.5 Å². The van der Waals surface area contributed by atoms with E-state index in [0.717, 1.165) is 0 Å². The minimum absolute atomic E-state index is 0.0221. The summed E-state index contributed by atoms with van der Waals surface area (Å²) in [4.78, 5) is 3.94. The molecule has 1 unspecified atom stereocenters. The molecule has 0 saturated carbocycles. The van der Waals surface area contributed by atoms with E-state index < -0.39 is 11.9 Å². The largest absolute Gasteiger partial charge is 0.394 e. The average molecular weight is 302 g/mol. The number of rotatable bonds is 3. The molecule has 0 amide bonds. The van der Waals surface area contributed by atoms with Crippen LogP contribution >= 0.6 is 15.9 Å². The highest BCUT2D eigenvalue weighted by atomic mass is 79.9. The van der Waals surface area contributed by atoms with E-state index in [2.05, 4.69) is 26.1 Å². The molecule has 0 bridgehead atoms. The molecule has 1 atom stereocenters. The molecule has 0 aliphatic heterocycles. The van der Waals surface area contributed by atoms with Crippen molar-refractivity contribution in [2.75, 3.05) is 6.61 Å². The van der Waals surface area contributed by atoms with Crippen LogP contribution in [0.1, 0.15) is 11.9 Å². The standard InChI is InChI=1S/C10H9BrFN3O2/c11-5-2-1-3-6(12)8(5)10-14-9(15-17-10)7(13)4-16/h1-3,7,16H,4,13H2. The second-order valence-corrected chi connectivity index (χ2v) is 4.20. The molecular formula is C10H9BrFN3O2. The second kappa shape index (κ2) is 4.91. The van der Waals surface area contributed by atoms with Crippen molar-refractivity contribution in [2.24, 2.45) is 5.73 Å². The van der Waals surface area contributed by atoms with Gasteiger partial charge in [0, 0.05) is 4.47 Å². The van der Waals surface area contributed by atoms with E-state index in [1.54, 1.807) is 12.1 Å². The topological polar surface area (TPSA) is 85.2 Å². The molecule has 0 fully saturated rings. The van der Waals surface area contributed by atoms with Crippen molar-refractivity contribution in [3.63, 3.8) is 0 Å². The first-order valence-corrected chi connectivity index (χ1v) is 5.57. The Labute approximate surface area is 105 Å². The SMILES string of the molecule is NC(CO)c1noc(-c2c(F)cccc2Br)n1. The fraction of sp³-hybridized carbons (Fsp3) is 0.200. The van der Waals surface area contributed by atoms with Gasteiger partial charge < -0.3 is 15.4 Å². The van der Waals surface area contributed by atoms with Crippen LogP contribution in [0.15, 0.2) is 27.2 Å². The van der Waals surface area contributed by atoms with Gasteiger partial charge in [-0.25, -0.2) is 4.39 Å². The predicted molar refractivity (Wildman–Crippen MR) is 61.4 cm³/mol. The van der Waals surface area contributed by atoms with Gasteiger partial charge in [0.05, 0.1) is 18.2 Å². The molecule has 2 aromatic rings. The lowest BCUT2D eigenvalue weighted by Crippen LogP contribution is -2.15. The van der Waals surface area contributed by atoms with Gasteiger partial charge in [-0.15, -0.1) is 0 Å². The van der Waals surface area contributed by atoms with Crippen molar-refractivity contribution >= 4 is 15.9 Å². The third-order valence-electron chi connectivity index (χ3n) is 2.15. The van der Waals surface area contributed by atoms with E-state index >= 15 is 0 Å². The van der Waals surface area contributed by atoms with E-state index in [1.807, 2.05) is 0 Å². The van der Waals surface area contributed by atoms with Crippen LogP contribution in [0, 0.1) is 5.82 Å². The van der Waals surface area contributed by atoms with Crippen LogP contribution < -0.4 is 5.73 Å². The molecule has 1 aromatic carbocycles. The van der Waals surface area contributed by atoms with Gasteiger partial charge in [0.15, 0.2) is 5.82 Å². The van der Waals surface area contributed by atoms with Crippen molar-refractivity contribution < 1.29 is 14.0 Å². The van der Waals surface area contributed by atoms with Crippen LogP contribution in [0.25, 0.3) is 11.5 Å². The van der Waals surface area contributed by atoms with Crippen LogP contribution in [0.3, 0.4) is 0 Å². The molecule has 2 rings (SSSR count). The number of aromatic nitrogens is 2. The number of aliphatic hydroxyl groups is 1. The van der Waals surface area contributed by atoms with Gasteiger partial charge >= 0.3 is 0 Å². The summed E-state index contributed by atoms with van der Waals surface area (Å²) in [7, 11) is 0. The summed E-state index contributed by atoms with van der Waals surface area (Å²) < 4.78 is 19.0. The van der Waals surface area contributed by atoms with Crippen molar-refractivity contribution in [1.29, 1.82) is 0 Å². The van der Waals surface area contributed by atoms with Gasteiger partial charge in [-0.3, -0.25) is 0 Å². The third-order valence-corrected chi connectivity index (χ3v) is 2.81. The van der Waals surface area contributed by atoms with E-state index in [1.165, 1.54) is 6.07 Å². The zero-order valence-electron chi connectivity index (χ0n) is 8.60. The third kappa shape index (κ3) is 2.36. The van der Waals surface area contributed by atoms with Crippen LogP contribution in [0.4, 0.5) is 4.39 Å².